The molecule has 0 aromatic heterocycles. The van der Waals surface area contributed by atoms with Crippen molar-refractivity contribution in [3.63, 3.8) is 0 Å². The van der Waals surface area contributed by atoms with Gasteiger partial charge in [-0.2, -0.15) is 0 Å². The summed E-state index contributed by atoms with van der Waals surface area (Å²) in [5, 5.41) is 0. The Hall–Kier alpha value is -0.520. The van der Waals surface area contributed by atoms with Crippen molar-refractivity contribution in [3.05, 3.63) is 25.3 Å². The first-order valence-electron chi connectivity index (χ1n) is 3.99. The van der Waals surface area contributed by atoms with E-state index in [9.17, 15) is 0 Å². The molecule has 0 nitrogen and oxygen atoms in total. The van der Waals surface area contributed by atoms with Crippen LogP contribution >= 0.6 is 0 Å². The fraction of sp³-hybridized carbons (Fsp3) is 0.600. The highest BCUT2D eigenvalue weighted by atomic mass is 14.2. The second-order valence-electron chi connectivity index (χ2n) is 2.77. The average molecular weight is 138 g/mol. The molecular formula is C10H18. The number of rotatable bonds is 5. The van der Waals surface area contributed by atoms with E-state index in [1.807, 2.05) is 6.08 Å². The van der Waals surface area contributed by atoms with Crippen molar-refractivity contribution in [2.45, 2.75) is 33.1 Å². The summed E-state index contributed by atoms with van der Waals surface area (Å²) in [6.45, 7) is 12.0. The van der Waals surface area contributed by atoms with Crippen LogP contribution in [0.25, 0.3) is 0 Å². The Balaban J connectivity index is 4.13. The zero-order chi connectivity index (χ0) is 8.04. The van der Waals surface area contributed by atoms with Crippen LogP contribution in [0.15, 0.2) is 25.3 Å². The minimum absolute atomic E-state index is 0.321. The number of allylic oxidation sites excluding steroid dienone is 2. The van der Waals surface area contributed by atoms with Gasteiger partial charge in [-0.15, -0.1) is 13.2 Å². The third-order valence-electron chi connectivity index (χ3n) is 2.39. The maximum atomic E-state index is 3.85. The van der Waals surface area contributed by atoms with Crippen molar-refractivity contribution in [2.75, 3.05) is 0 Å². The molecule has 0 aliphatic rings. The lowest BCUT2D eigenvalue weighted by Crippen LogP contribution is -2.13. The van der Waals surface area contributed by atoms with Gasteiger partial charge in [-0.25, -0.2) is 0 Å². The van der Waals surface area contributed by atoms with Gasteiger partial charge in [-0.05, 0) is 24.7 Å². The van der Waals surface area contributed by atoms with Crippen LogP contribution in [0.2, 0.25) is 0 Å². The minimum atomic E-state index is 0.321. The lowest BCUT2D eigenvalue weighted by molar-refractivity contribution is 0.358. The van der Waals surface area contributed by atoms with Crippen LogP contribution < -0.4 is 0 Å². The van der Waals surface area contributed by atoms with E-state index in [-0.39, 0.29) is 0 Å². The number of hydrogen-bond donors (Lipinski definition) is 0. The highest BCUT2D eigenvalue weighted by molar-refractivity contribution is 4.97. The molecule has 0 aliphatic carbocycles. The van der Waals surface area contributed by atoms with Gasteiger partial charge in [0, 0.05) is 0 Å². The third-order valence-corrected chi connectivity index (χ3v) is 2.39. The Morgan fingerprint density at radius 1 is 1.20 bits per heavy atom. The van der Waals surface area contributed by atoms with E-state index in [0.29, 0.717) is 5.41 Å². The van der Waals surface area contributed by atoms with Gasteiger partial charge in [0.25, 0.3) is 0 Å². The largest absolute Gasteiger partial charge is 0.103 e. The molecule has 0 aliphatic heterocycles. The van der Waals surface area contributed by atoms with E-state index in [4.69, 9.17) is 0 Å². The van der Waals surface area contributed by atoms with Gasteiger partial charge in [-0.1, -0.05) is 26.0 Å². The zero-order valence-corrected chi connectivity index (χ0v) is 7.19. The fourth-order valence-electron chi connectivity index (χ4n) is 1.20. The molecule has 0 radical (unpaired) electrons. The standard InChI is InChI=1S/C10H18/c1-5-9-10(6-2,7-3)8-4/h5-6H,1-2,7-9H2,3-4H3. The van der Waals surface area contributed by atoms with E-state index >= 15 is 0 Å². The van der Waals surface area contributed by atoms with Crippen molar-refractivity contribution in [1.82, 2.24) is 0 Å². The monoisotopic (exact) mass is 138 g/mol. The summed E-state index contributed by atoms with van der Waals surface area (Å²) in [6, 6.07) is 0. The van der Waals surface area contributed by atoms with Crippen LogP contribution in [-0.2, 0) is 0 Å². The molecule has 0 rings (SSSR count). The lowest BCUT2D eigenvalue weighted by atomic mass is 9.79. The van der Waals surface area contributed by atoms with Crippen LogP contribution in [0.1, 0.15) is 33.1 Å². The van der Waals surface area contributed by atoms with E-state index in [1.165, 1.54) is 12.8 Å². The molecule has 0 spiro atoms. The van der Waals surface area contributed by atoms with Gasteiger partial charge in [0.2, 0.25) is 0 Å². The second-order valence-corrected chi connectivity index (χ2v) is 2.77. The van der Waals surface area contributed by atoms with Crippen LogP contribution in [0.4, 0.5) is 0 Å². The van der Waals surface area contributed by atoms with Gasteiger partial charge in [-0.3, -0.25) is 0 Å². The van der Waals surface area contributed by atoms with Crippen molar-refractivity contribution in [1.29, 1.82) is 0 Å². The normalized spacial score (nSPS) is 11.0. The van der Waals surface area contributed by atoms with Crippen LogP contribution in [-0.4, -0.2) is 0 Å². The number of hydrogen-bond acceptors (Lipinski definition) is 0. The van der Waals surface area contributed by atoms with Crippen LogP contribution in [0.3, 0.4) is 0 Å². The quantitative estimate of drug-likeness (QED) is 0.510. The molecular weight excluding hydrogens is 120 g/mol. The van der Waals surface area contributed by atoms with Crippen LogP contribution in [0.5, 0.6) is 0 Å². The van der Waals surface area contributed by atoms with Crippen molar-refractivity contribution < 1.29 is 0 Å². The summed E-state index contributed by atoms with van der Waals surface area (Å²) in [7, 11) is 0. The highest BCUT2D eigenvalue weighted by Gasteiger charge is 2.19. The minimum Gasteiger partial charge on any atom is -0.103 e. The molecule has 0 aromatic rings. The lowest BCUT2D eigenvalue weighted by Gasteiger charge is -2.25. The maximum Gasteiger partial charge on any atom is -0.00918 e. The summed E-state index contributed by atoms with van der Waals surface area (Å²) >= 11 is 0. The summed E-state index contributed by atoms with van der Waals surface area (Å²) in [5.41, 5.74) is 0.321. The predicted molar refractivity (Wildman–Crippen MR) is 48.0 cm³/mol. The molecule has 0 atom stereocenters. The van der Waals surface area contributed by atoms with Gasteiger partial charge < -0.3 is 0 Å². The first-order valence-corrected chi connectivity index (χ1v) is 3.99. The SMILES string of the molecule is C=CCC(C=C)(CC)CC. The van der Waals surface area contributed by atoms with Crippen molar-refractivity contribution in [3.8, 4) is 0 Å². The van der Waals surface area contributed by atoms with E-state index < -0.39 is 0 Å². The van der Waals surface area contributed by atoms with E-state index in [0.717, 1.165) is 6.42 Å². The summed E-state index contributed by atoms with van der Waals surface area (Å²) in [5.74, 6) is 0. The molecule has 0 heteroatoms. The zero-order valence-electron chi connectivity index (χ0n) is 7.19. The first-order chi connectivity index (χ1) is 4.74. The molecule has 0 fully saturated rings. The molecule has 0 saturated carbocycles. The summed E-state index contributed by atoms with van der Waals surface area (Å²) < 4.78 is 0. The predicted octanol–water partition coefficient (Wildman–Crippen LogP) is 3.55. The highest BCUT2D eigenvalue weighted by Crippen LogP contribution is 2.31. The van der Waals surface area contributed by atoms with E-state index in [1.54, 1.807) is 0 Å². The van der Waals surface area contributed by atoms with Gasteiger partial charge >= 0.3 is 0 Å². The topological polar surface area (TPSA) is 0 Å². The fourth-order valence-corrected chi connectivity index (χ4v) is 1.20. The third kappa shape index (κ3) is 2.02. The molecule has 0 unspecified atom stereocenters. The summed E-state index contributed by atoms with van der Waals surface area (Å²) in [4.78, 5) is 0. The van der Waals surface area contributed by atoms with E-state index in [2.05, 4.69) is 33.1 Å². The second kappa shape index (κ2) is 4.32. The van der Waals surface area contributed by atoms with Crippen molar-refractivity contribution in [2.24, 2.45) is 5.41 Å². The first kappa shape index (κ1) is 9.48. The summed E-state index contributed by atoms with van der Waals surface area (Å²) in [6.07, 6.45) is 7.44. The molecule has 0 aromatic carbocycles. The Kier molecular flexibility index (Phi) is 4.10. The Bertz CT molecular complexity index is 107. The molecule has 0 saturated heterocycles. The molecule has 0 heterocycles. The molecule has 10 heavy (non-hydrogen) atoms. The van der Waals surface area contributed by atoms with Crippen LogP contribution in [0, 0.1) is 5.41 Å². The molecule has 58 valence electrons. The van der Waals surface area contributed by atoms with Gasteiger partial charge in [0.05, 0.1) is 0 Å². The molecule has 0 amide bonds. The molecule has 0 bridgehead atoms. The maximum absolute atomic E-state index is 3.85. The Morgan fingerprint density at radius 2 is 1.70 bits per heavy atom. The average Bonchev–Trinajstić information content (AvgIpc) is 2.01. The van der Waals surface area contributed by atoms with Gasteiger partial charge in [0.15, 0.2) is 0 Å². The Morgan fingerprint density at radius 3 is 1.80 bits per heavy atom. The smallest absolute Gasteiger partial charge is 0.00918 e. The van der Waals surface area contributed by atoms with Crippen molar-refractivity contribution >= 4 is 0 Å². The van der Waals surface area contributed by atoms with Gasteiger partial charge in [0.1, 0.15) is 0 Å². The Labute approximate surface area is 64.6 Å². The molecule has 0 N–H and O–H groups in total.